The van der Waals surface area contributed by atoms with Crippen molar-refractivity contribution in [3.05, 3.63) is 35.4 Å². The lowest BCUT2D eigenvalue weighted by atomic mass is 10.1. The molecule has 5 heteroatoms. The van der Waals surface area contributed by atoms with Crippen molar-refractivity contribution < 1.29 is 19.7 Å². The quantitative estimate of drug-likeness (QED) is 0.737. The fraction of sp³-hybridized carbons (Fsp3) is 0.400. The third kappa shape index (κ3) is 3.36. The Balaban J connectivity index is 2.19. The molecule has 0 bridgehead atoms. The molecule has 2 rings (SSSR count). The van der Waals surface area contributed by atoms with Gasteiger partial charge in [-0.3, -0.25) is 4.79 Å². The minimum Gasteiger partial charge on any atom is -0.394 e. The van der Waals surface area contributed by atoms with Crippen molar-refractivity contribution in [2.75, 3.05) is 33.0 Å². The molecule has 1 saturated heterocycles. The molecule has 1 fully saturated rings. The number of aliphatic hydroxyl groups excluding tert-OH is 2. The Morgan fingerprint density at radius 2 is 2.30 bits per heavy atom. The molecule has 0 spiro atoms. The van der Waals surface area contributed by atoms with E-state index < -0.39 is 0 Å². The second kappa shape index (κ2) is 7.06. The fourth-order valence-corrected chi connectivity index (χ4v) is 2.11. The van der Waals surface area contributed by atoms with E-state index >= 15 is 0 Å². The van der Waals surface area contributed by atoms with E-state index in [9.17, 15) is 9.90 Å². The summed E-state index contributed by atoms with van der Waals surface area (Å²) in [7, 11) is 0. The second-order valence-electron chi connectivity index (χ2n) is 4.45. The summed E-state index contributed by atoms with van der Waals surface area (Å²) in [6.45, 7) is 0.971. The standard InChI is InChI=1S/C15H17NO4/c17-7-2-4-12-3-1-5-13(9-12)15(19)16-6-8-20-11-14(16)10-18/h1,3,5,9,14,17-18H,6-8,10-11H2. The minimum absolute atomic E-state index is 0.115. The van der Waals surface area contributed by atoms with Crippen molar-refractivity contribution in [1.82, 2.24) is 4.90 Å². The van der Waals surface area contributed by atoms with E-state index in [1.165, 1.54) is 0 Å². The summed E-state index contributed by atoms with van der Waals surface area (Å²) in [6.07, 6.45) is 0. The molecule has 0 radical (unpaired) electrons. The molecule has 1 aliphatic rings. The van der Waals surface area contributed by atoms with Gasteiger partial charge in [-0.1, -0.05) is 17.9 Å². The summed E-state index contributed by atoms with van der Waals surface area (Å²) in [4.78, 5) is 14.1. The first-order chi connectivity index (χ1) is 9.76. The van der Waals surface area contributed by atoms with Crippen LogP contribution in [0.4, 0.5) is 0 Å². The monoisotopic (exact) mass is 275 g/mol. The first kappa shape index (κ1) is 14.5. The van der Waals surface area contributed by atoms with E-state index in [0.717, 1.165) is 0 Å². The summed E-state index contributed by atoms with van der Waals surface area (Å²) in [5.41, 5.74) is 1.20. The van der Waals surface area contributed by atoms with Crippen LogP contribution in [0.15, 0.2) is 24.3 Å². The van der Waals surface area contributed by atoms with Crippen LogP contribution in [0, 0.1) is 11.8 Å². The van der Waals surface area contributed by atoms with Crippen molar-refractivity contribution in [3.8, 4) is 11.8 Å². The number of hydrogen-bond acceptors (Lipinski definition) is 4. The van der Waals surface area contributed by atoms with Crippen molar-refractivity contribution in [2.24, 2.45) is 0 Å². The summed E-state index contributed by atoms with van der Waals surface area (Å²) < 4.78 is 5.26. The zero-order chi connectivity index (χ0) is 14.4. The van der Waals surface area contributed by atoms with Crippen LogP contribution in [0.25, 0.3) is 0 Å². The Kier molecular flexibility index (Phi) is 5.13. The van der Waals surface area contributed by atoms with Crippen molar-refractivity contribution in [3.63, 3.8) is 0 Å². The number of carbonyl (C=O) groups is 1. The molecule has 1 heterocycles. The Hall–Kier alpha value is -1.87. The SMILES string of the molecule is O=C(c1cccc(C#CCO)c1)N1CCOCC1CO. The Morgan fingerprint density at radius 1 is 1.45 bits per heavy atom. The zero-order valence-corrected chi connectivity index (χ0v) is 11.1. The molecule has 0 aromatic heterocycles. The van der Waals surface area contributed by atoms with Crippen LogP contribution in [0.5, 0.6) is 0 Å². The number of amides is 1. The van der Waals surface area contributed by atoms with E-state index in [1.54, 1.807) is 29.2 Å². The highest BCUT2D eigenvalue weighted by Crippen LogP contribution is 2.13. The lowest BCUT2D eigenvalue weighted by molar-refractivity contribution is -0.0183. The van der Waals surface area contributed by atoms with Gasteiger partial charge in [-0.25, -0.2) is 0 Å². The maximum absolute atomic E-state index is 12.5. The Labute approximate surface area is 117 Å². The highest BCUT2D eigenvalue weighted by Gasteiger charge is 2.27. The number of nitrogens with zero attached hydrogens (tertiary/aromatic N) is 1. The van der Waals surface area contributed by atoms with Crippen molar-refractivity contribution in [2.45, 2.75) is 6.04 Å². The summed E-state index contributed by atoms with van der Waals surface area (Å²) in [6, 6.07) is 6.64. The molecular formula is C15H17NO4. The molecule has 1 aliphatic heterocycles. The number of ether oxygens (including phenoxy) is 1. The molecule has 2 N–H and O–H groups in total. The number of rotatable bonds is 2. The van der Waals surface area contributed by atoms with E-state index in [1.807, 2.05) is 0 Å². The first-order valence-corrected chi connectivity index (χ1v) is 6.45. The molecule has 106 valence electrons. The number of aliphatic hydroxyl groups is 2. The molecule has 0 saturated carbocycles. The predicted molar refractivity (Wildman–Crippen MR) is 73.1 cm³/mol. The fourth-order valence-electron chi connectivity index (χ4n) is 2.11. The van der Waals surface area contributed by atoms with E-state index in [2.05, 4.69) is 11.8 Å². The average Bonchev–Trinajstić information content (AvgIpc) is 2.52. The minimum atomic E-state index is -0.302. The Bertz CT molecular complexity index is 532. The Morgan fingerprint density at radius 3 is 3.05 bits per heavy atom. The smallest absolute Gasteiger partial charge is 0.254 e. The van der Waals surface area contributed by atoms with Gasteiger partial charge in [0.25, 0.3) is 5.91 Å². The number of benzene rings is 1. The van der Waals surface area contributed by atoms with Crippen molar-refractivity contribution >= 4 is 5.91 Å². The molecular weight excluding hydrogens is 258 g/mol. The van der Waals surface area contributed by atoms with Crippen LogP contribution in [0.1, 0.15) is 15.9 Å². The van der Waals surface area contributed by atoms with Crippen molar-refractivity contribution in [1.29, 1.82) is 0 Å². The van der Waals surface area contributed by atoms with E-state index in [4.69, 9.17) is 9.84 Å². The van der Waals surface area contributed by atoms with Gasteiger partial charge in [-0.15, -0.1) is 0 Å². The van der Waals surface area contributed by atoms with Gasteiger partial charge in [0.2, 0.25) is 0 Å². The summed E-state index contributed by atoms with van der Waals surface area (Å²) in [5, 5.41) is 18.0. The summed E-state index contributed by atoms with van der Waals surface area (Å²) in [5.74, 6) is 5.18. The van der Waals surface area contributed by atoms with Gasteiger partial charge in [0.15, 0.2) is 0 Å². The number of morpholine rings is 1. The summed E-state index contributed by atoms with van der Waals surface area (Å²) >= 11 is 0. The molecule has 1 atom stereocenters. The van der Waals surface area contributed by atoms with Gasteiger partial charge in [0.1, 0.15) is 6.61 Å². The highest BCUT2D eigenvalue weighted by atomic mass is 16.5. The topological polar surface area (TPSA) is 70.0 Å². The van der Waals surface area contributed by atoms with Gasteiger partial charge >= 0.3 is 0 Å². The van der Waals surface area contributed by atoms with Crippen LogP contribution in [0.3, 0.4) is 0 Å². The van der Waals surface area contributed by atoms with Gasteiger partial charge < -0.3 is 19.8 Å². The maximum Gasteiger partial charge on any atom is 0.254 e. The van der Waals surface area contributed by atoms with Gasteiger partial charge in [-0.2, -0.15) is 0 Å². The first-order valence-electron chi connectivity index (χ1n) is 6.45. The highest BCUT2D eigenvalue weighted by molar-refractivity contribution is 5.94. The third-order valence-electron chi connectivity index (χ3n) is 3.12. The normalized spacial score (nSPS) is 18.3. The predicted octanol–water partition coefficient (Wildman–Crippen LogP) is -0.136. The molecule has 1 aromatic rings. The van der Waals surface area contributed by atoms with Gasteiger partial charge in [-0.05, 0) is 18.2 Å². The average molecular weight is 275 g/mol. The van der Waals surface area contributed by atoms with Gasteiger partial charge in [0.05, 0.1) is 25.9 Å². The zero-order valence-electron chi connectivity index (χ0n) is 11.1. The number of carbonyl (C=O) groups excluding carboxylic acids is 1. The molecule has 5 nitrogen and oxygen atoms in total. The van der Waals surface area contributed by atoms with Crippen LogP contribution in [-0.2, 0) is 4.74 Å². The van der Waals surface area contributed by atoms with Crippen LogP contribution < -0.4 is 0 Å². The molecule has 1 unspecified atom stereocenters. The lowest BCUT2D eigenvalue weighted by Crippen LogP contribution is -2.50. The lowest BCUT2D eigenvalue weighted by Gasteiger charge is -2.34. The molecule has 0 aliphatic carbocycles. The largest absolute Gasteiger partial charge is 0.394 e. The van der Waals surface area contributed by atoms with E-state index in [-0.39, 0.29) is 25.2 Å². The van der Waals surface area contributed by atoms with Crippen LogP contribution >= 0.6 is 0 Å². The third-order valence-corrected chi connectivity index (χ3v) is 3.12. The molecule has 1 amide bonds. The number of hydrogen-bond donors (Lipinski definition) is 2. The van der Waals surface area contributed by atoms with Crippen LogP contribution in [0.2, 0.25) is 0 Å². The molecule has 1 aromatic carbocycles. The molecule has 20 heavy (non-hydrogen) atoms. The van der Waals surface area contributed by atoms with E-state index in [0.29, 0.717) is 30.9 Å². The maximum atomic E-state index is 12.5. The van der Waals surface area contributed by atoms with Crippen LogP contribution in [-0.4, -0.2) is 60.0 Å². The van der Waals surface area contributed by atoms with Gasteiger partial charge in [0, 0.05) is 17.7 Å². The second-order valence-corrected chi connectivity index (χ2v) is 4.45.